The number of halogens is 4. The Morgan fingerprint density at radius 1 is 0.958 bits per heavy atom. The van der Waals surface area contributed by atoms with E-state index in [2.05, 4.69) is 0 Å². The fourth-order valence-corrected chi connectivity index (χ4v) is 3.89. The molecule has 0 unspecified atom stereocenters. The zero-order valence-corrected chi connectivity index (χ0v) is 14.9. The van der Waals surface area contributed by atoms with Gasteiger partial charge in [-0.05, 0) is 31.0 Å². The van der Waals surface area contributed by atoms with Gasteiger partial charge in [0.25, 0.3) is 0 Å². The molecule has 0 nitrogen and oxygen atoms in total. The van der Waals surface area contributed by atoms with Gasteiger partial charge in [0.1, 0.15) is 0 Å². The summed E-state index contributed by atoms with van der Waals surface area (Å²) in [6, 6.07) is 10.9. The van der Waals surface area contributed by atoms with E-state index < -0.39 is 23.8 Å². The summed E-state index contributed by atoms with van der Waals surface area (Å²) in [7, 11) is 0. The summed E-state index contributed by atoms with van der Waals surface area (Å²) in [4.78, 5) is 1.44. The van der Waals surface area contributed by atoms with Gasteiger partial charge in [0.05, 0.1) is 0 Å². The second-order valence-electron chi connectivity index (χ2n) is 5.56. The van der Waals surface area contributed by atoms with E-state index in [-0.39, 0.29) is 11.1 Å². The summed E-state index contributed by atoms with van der Waals surface area (Å²) in [6.07, 6.45) is -0.884. The summed E-state index contributed by atoms with van der Waals surface area (Å²) in [5.41, 5.74) is 0.695. The molecule has 0 bridgehead atoms. The van der Waals surface area contributed by atoms with Crippen molar-refractivity contribution in [1.82, 2.24) is 0 Å². The maximum absolute atomic E-state index is 14.1. The lowest BCUT2D eigenvalue weighted by Crippen LogP contribution is -2.36. The monoisotopic (exact) mass is 356 g/mol. The molecule has 1 aliphatic carbocycles. The standard InChI is InChI=1S/C17H14F4S.C2H6/c1-10-9-16(18,19)17(20,21)15(10)13-8-14(22-11(13)2)12-6-4-3-5-7-12;1-2/h3-8H,9H2,1-2H3;1-2H3. The molecule has 1 aromatic carbocycles. The number of aryl methyl sites for hydroxylation is 1. The molecule has 1 heterocycles. The molecule has 0 fully saturated rings. The van der Waals surface area contributed by atoms with E-state index in [4.69, 9.17) is 0 Å². The van der Waals surface area contributed by atoms with Gasteiger partial charge in [-0.15, -0.1) is 11.3 Å². The first-order chi connectivity index (χ1) is 11.2. The van der Waals surface area contributed by atoms with E-state index in [0.29, 0.717) is 4.88 Å². The van der Waals surface area contributed by atoms with E-state index in [9.17, 15) is 17.6 Å². The molecule has 1 aromatic heterocycles. The highest BCUT2D eigenvalue weighted by Gasteiger charge is 2.63. The van der Waals surface area contributed by atoms with Crippen LogP contribution in [0.2, 0.25) is 0 Å². The Balaban J connectivity index is 0.00000100. The minimum absolute atomic E-state index is 0.0653. The Morgan fingerprint density at radius 2 is 1.54 bits per heavy atom. The third-order valence-electron chi connectivity index (χ3n) is 3.93. The van der Waals surface area contributed by atoms with E-state index in [1.54, 1.807) is 13.0 Å². The van der Waals surface area contributed by atoms with E-state index >= 15 is 0 Å². The summed E-state index contributed by atoms with van der Waals surface area (Å²) >= 11 is 1.34. The Labute approximate surface area is 143 Å². The van der Waals surface area contributed by atoms with Crippen molar-refractivity contribution in [3.63, 3.8) is 0 Å². The lowest BCUT2D eigenvalue weighted by atomic mass is 9.99. The van der Waals surface area contributed by atoms with Gasteiger partial charge in [-0.2, -0.15) is 17.6 Å². The molecular weight excluding hydrogens is 336 g/mol. The van der Waals surface area contributed by atoms with Crippen LogP contribution in [-0.2, 0) is 0 Å². The van der Waals surface area contributed by atoms with Gasteiger partial charge in [-0.25, -0.2) is 0 Å². The van der Waals surface area contributed by atoms with Crippen LogP contribution < -0.4 is 0 Å². The van der Waals surface area contributed by atoms with Crippen LogP contribution in [0.3, 0.4) is 0 Å². The molecule has 0 radical (unpaired) electrons. The van der Waals surface area contributed by atoms with Crippen LogP contribution in [-0.4, -0.2) is 11.8 Å². The van der Waals surface area contributed by atoms with Gasteiger partial charge in [0.2, 0.25) is 0 Å². The zero-order chi connectivity index (χ0) is 18.1. The van der Waals surface area contributed by atoms with Crippen LogP contribution in [0.25, 0.3) is 16.0 Å². The third kappa shape index (κ3) is 3.02. The van der Waals surface area contributed by atoms with Crippen LogP contribution in [0, 0.1) is 6.92 Å². The lowest BCUT2D eigenvalue weighted by molar-refractivity contribution is -0.161. The molecule has 5 heteroatoms. The molecule has 0 aliphatic heterocycles. The molecule has 2 aromatic rings. The number of thiophene rings is 1. The minimum atomic E-state index is -4.11. The number of hydrogen-bond donors (Lipinski definition) is 0. The maximum Gasteiger partial charge on any atom is 0.336 e. The molecule has 3 rings (SSSR count). The molecule has 24 heavy (non-hydrogen) atoms. The van der Waals surface area contributed by atoms with Crippen molar-refractivity contribution < 1.29 is 17.6 Å². The number of rotatable bonds is 2. The SMILES string of the molecule is CC.CC1=C(c2cc(-c3ccccc3)sc2C)C(F)(F)C(F)(F)C1. The van der Waals surface area contributed by atoms with Gasteiger partial charge in [-0.3, -0.25) is 0 Å². The van der Waals surface area contributed by atoms with Crippen molar-refractivity contribution >= 4 is 16.9 Å². The molecule has 0 amide bonds. The molecule has 0 saturated carbocycles. The molecule has 0 saturated heterocycles. The van der Waals surface area contributed by atoms with Crippen LogP contribution in [0.4, 0.5) is 17.6 Å². The minimum Gasteiger partial charge on any atom is -0.199 e. The Bertz CT molecular complexity index is 742. The quantitative estimate of drug-likeness (QED) is 0.499. The van der Waals surface area contributed by atoms with Crippen LogP contribution >= 0.6 is 11.3 Å². The highest BCUT2D eigenvalue weighted by molar-refractivity contribution is 7.15. The molecule has 130 valence electrons. The third-order valence-corrected chi connectivity index (χ3v) is 5.03. The Morgan fingerprint density at radius 3 is 2.04 bits per heavy atom. The first-order valence-electron chi connectivity index (χ1n) is 7.86. The maximum atomic E-state index is 14.1. The van der Waals surface area contributed by atoms with E-state index in [1.165, 1.54) is 18.3 Å². The van der Waals surface area contributed by atoms with Crippen molar-refractivity contribution in [3.05, 3.63) is 52.4 Å². The van der Waals surface area contributed by atoms with Crippen LogP contribution in [0.1, 0.15) is 37.6 Å². The van der Waals surface area contributed by atoms with Crippen molar-refractivity contribution in [3.8, 4) is 10.4 Å². The topological polar surface area (TPSA) is 0 Å². The number of benzene rings is 1. The Hall–Kier alpha value is -1.62. The molecule has 0 atom stereocenters. The van der Waals surface area contributed by atoms with Crippen molar-refractivity contribution in [2.45, 2.75) is 46.0 Å². The number of hydrogen-bond acceptors (Lipinski definition) is 1. The average Bonchev–Trinajstić information content (AvgIpc) is 2.97. The zero-order valence-electron chi connectivity index (χ0n) is 14.1. The summed E-state index contributed by atoms with van der Waals surface area (Å²) < 4.78 is 55.4. The van der Waals surface area contributed by atoms with Gasteiger partial charge in [0, 0.05) is 21.7 Å². The average molecular weight is 356 g/mol. The molecule has 0 spiro atoms. The second kappa shape index (κ2) is 6.71. The fraction of sp³-hybridized carbons (Fsp3) is 0.368. The first-order valence-corrected chi connectivity index (χ1v) is 8.68. The highest BCUT2D eigenvalue weighted by Crippen LogP contribution is 2.56. The molecule has 0 N–H and O–H groups in total. The first kappa shape index (κ1) is 18.7. The van der Waals surface area contributed by atoms with Gasteiger partial charge in [-0.1, -0.05) is 49.8 Å². The molecular formula is C19H20F4S. The second-order valence-corrected chi connectivity index (χ2v) is 6.81. The summed E-state index contributed by atoms with van der Waals surface area (Å²) in [6.45, 7) is 7.06. The van der Waals surface area contributed by atoms with Crippen molar-refractivity contribution in [2.75, 3.05) is 0 Å². The predicted octanol–water partition coefficient (Wildman–Crippen LogP) is 7.20. The lowest BCUT2D eigenvalue weighted by Gasteiger charge is -2.21. The van der Waals surface area contributed by atoms with Gasteiger partial charge < -0.3 is 0 Å². The predicted molar refractivity (Wildman–Crippen MR) is 92.9 cm³/mol. The van der Waals surface area contributed by atoms with Crippen molar-refractivity contribution in [2.24, 2.45) is 0 Å². The fourth-order valence-electron chi connectivity index (χ4n) is 2.86. The van der Waals surface area contributed by atoms with Gasteiger partial charge >= 0.3 is 11.8 Å². The van der Waals surface area contributed by atoms with E-state index in [0.717, 1.165) is 10.4 Å². The summed E-state index contributed by atoms with van der Waals surface area (Å²) in [5, 5.41) is 0. The largest absolute Gasteiger partial charge is 0.336 e. The van der Waals surface area contributed by atoms with Crippen LogP contribution in [0.15, 0.2) is 42.0 Å². The smallest absolute Gasteiger partial charge is 0.199 e. The highest BCUT2D eigenvalue weighted by atomic mass is 32.1. The van der Waals surface area contributed by atoms with Crippen LogP contribution in [0.5, 0.6) is 0 Å². The number of allylic oxidation sites excluding steroid dienone is 2. The Kier molecular flexibility index (Phi) is 5.23. The van der Waals surface area contributed by atoms with E-state index in [1.807, 2.05) is 44.2 Å². The normalized spacial score (nSPS) is 18.3. The number of alkyl halides is 4. The van der Waals surface area contributed by atoms with Gasteiger partial charge in [0.15, 0.2) is 0 Å². The summed E-state index contributed by atoms with van der Waals surface area (Å²) in [5.74, 6) is -8.12. The van der Waals surface area contributed by atoms with Crippen molar-refractivity contribution in [1.29, 1.82) is 0 Å². The molecule has 1 aliphatic rings.